The van der Waals surface area contributed by atoms with Gasteiger partial charge in [0.1, 0.15) is 17.8 Å². The highest BCUT2D eigenvalue weighted by Gasteiger charge is 2.37. The van der Waals surface area contributed by atoms with Crippen LogP contribution in [0.2, 0.25) is 5.02 Å². The Bertz CT molecular complexity index is 1110. The average molecular weight is 488 g/mol. The maximum Gasteiger partial charge on any atom is 0.270 e. The van der Waals surface area contributed by atoms with Gasteiger partial charge in [-0.3, -0.25) is 19.2 Å². The number of halogens is 1. The highest BCUT2D eigenvalue weighted by molar-refractivity contribution is 6.35. The number of para-hydroxylation sites is 1. The number of aromatic nitrogens is 1. The standard InChI is InChI=1S/C24H30ClN5O4/c1-30(24(34)18-11-14-4-2-6-16(25)20(14)28-18)19(10-13-7-8-13)23(33)29-17(21(26)31)12-15-5-3-9-27-22(15)32/h2,4,6,11,13,15,17,19,28H,3,5,7-10,12H2,1H3,(H2,26,31)(H,27,32)(H,29,33)/t15-,17-,19-/m0/s1. The SMILES string of the molecule is CN(C(=O)c1cc2cccc(Cl)c2[nH]1)[C@@H](CC1CC1)C(=O)N[C@@H](C[C@@H]1CCCNC1=O)C(N)=O. The first kappa shape index (κ1) is 24.1. The lowest BCUT2D eigenvalue weighted by molar-refractivity contribution is -0.132. The van der Waals surface area contributed by atoms with Gasteiger partial charge >= 0.3 is 0 Å². The van der Waals surface area contributed by atoms with Gasteiger partial charge in [-0.2, -0.15) is 0 Å². The van der Waals surface area contributed by atoms with E-state index in [1.807, 2.05) is 6.07 Å². The number of H-pyrrole nitrogens is 1. The molecule has 3 atom stereocenters. The zero-order valence-corrected chi connectivity index (χ0v) is 19.9. The largest absolute Gasteiger partial charge is 0.368 e. The zero-order valence-electron chi connectivity index (χ0n) is 19.1. The fraction of sp³-hybridized carbons (Fsp3) is 0.500. The normalized spacial score (nSPS) is 19.8. The molecule has 2 heterocycles. The van der Waals surface area contributed by atoms with Gasteiger partial charge in [-0.15, -0.1) is 0 Å². The first-order valence-electron chi connectivity index (χ1n) is 11.7. The number of amides is 4. The molecule has 1 saturated heterocycles. The Morgan fingerprint density at radius 3 is 2.65 bits per heavy atom. The van der Waals surface area contributed by atoms with E-state index in [0.717, 1.165) is 24.6 Å². The number of nitrogens with one attached hydrogen (secondary N) is 3. The molecular weight excluding hydrogens is 458 g/mol. The van der Waals surface area contributed by atoms with Crippen molar-refractivity contribution in [1.82, 2.24) is 20.5 Å². The van der Waals surface area contributed by atoms with Crippen LogP contribution in [-0.4, -0.2) is 59.2 Å². The van der Waals surface area contributed by atoms with Crippen LogP contribution in [0, 0.1) is 11.8 Å². The van der Waals surface area contributed by atoms with Gasteiger partial charge in [-0.1, -0.05) is 36.6 Å². The van der Waals surface area contributed by atoms with E-state index in [0.29, 0.717) is 41.5 Å². The molecule has 1 aromatic heterocycles. The number of carbonyl (C=O) groups is 4. The summed E-state index contributed by atoms with van der Waals surface area (Å²) in [6.07, 6.45) is 4.07. The monoisotopic (exact) mass is 487 g/mol. The van der Waals surface area contributed by atoms with Crippen molar-refractivity contribution in [2.45, 2.75) is 50.6 Å². The van der Waals surface area contributed by atoms with Crippen molar-refractivity contribution >= 4 is 46.1 Å². The molecule has 1 aromatic carbocycles. The topological polar surface area (TPSA) is 137 Å². The highest BCUT2D eigenvalue weighted by Crippen LogP contribution is 2.35. The van der Waals surface area contributed by atoms with Crippen molar-refractivity contribution in [3.8, 4) is 0 Å². The zero-order chi connectivity index (χ0) is 24.4. The van der Waals surface area contributed by atoms with Gasteiger partial charge < -0.3 is 26.3 Å². The van der Waals surface area contributed by atoms with E-state index in [1.165, 1.54) is 4.90 Å². The number of nitrogens with zero attached hydrogens (tertiary/aromatic N) is 1. The molecule has 34 heavy (non-hydrogen) atoms. The number of hydrogen-bond acceptors (Lipinski definition) is 4. The Morgan fingerprint density at radius 2 is 2.00 bits per heavy atom. The fourth-order valence-electron chi connectivity index (χ4n) is 4.54. The van der Waals surface area contributed by atoms with Crippen molar-refractivity contribution in [1.29, 1.82) is 0 Å². The molecule has 0 spiro atoms. The van der Waals surface area contributed by atoms with Crippen LogP contribution in [0.1, 0.15) is 49.0 Å². The Hall–Kier alpha value is -3.07. The first-order chi connectivity index (χ1) is 16.2. The molecule has 10 heteroatoms. The Kier molecular flexibility index (Phi) is 7.11. The minimum atomic E-state index is -0.988. The van der Waals surface area contributed by atoms with E-state index in [1.54, 1.807) is 25.2 Å². The molecule has 0 unspecified atom stereocenters. The van der Waals surface area contributed by atoms with Gasteiger partial charge in [-0.25, -0.2) is 0 Å². The molecule has 2 fully saturated rings. The number of aromatic amines is 1. The summed E-state index contributed by atoms with van der Waals surface area (Å²) in [5, 5.41) is 6.81. The van der Waals surface area contributed by atoms with E-state index < -0.39 is 23.9 Å². The number of fused-ring (bicyclic) bond motifs is 1. The van der Waals surface area contributed by atoms with Crippen molar-refractivity contribution in [3.63, 3.8) is 0 Å². The van der Waals surface area contributed by atoms with Gasteiger partial charge in [0, 0.05) is 24.9 Å². The van der Waals surface area contributed by atoms with Crippen molar-refractivity contribution in [3.05, 3.63) is 35.0 Å². The van der Waals surface area contributed by atoms with Crippen LogP contribution in [0.15, 0.2) is 24.3 Å². The summed E-state index contributed by atoms with van der Waals surface area (Å²) in [5.74, 6) is -1.67. The second-order valence-electron chi connectivity index (χ2n) is 9.33. The molecule has 2 aromatic rings. The minimum Gasteiger partial charge on any atom is -0.368 e. The predicted octanol–water partition coefficient (Wildman–Crippen LogP) is 1.95. The average Bonchev–Trinajstić information content (AvgIpc) is 3.52. The maximum atomic E-state index is 13.3. The lowest BCUT2D eigenvalue weighted by Gasteiger charge is -2.30. The van der Waals surface area contributed by atoms with Crippen LogP contribution in [-0.2, 0) is 14.4 Å². The van der Waals surface area contributed by atoms with Crippen LogP contribution in [0.25, 0.3) is 10.9 Å². The summed E-state index contributed by atoms with van der Waals surface area (Å²) in [5.41, 5.74) is 6.54. The number of rotatable bonds is 9. The third-order valence-corrected chi connectivity index (χ3v) is 7.07. The summed E-state index contributed by atoms with van der Waals surface area (Å²) in [6.45, 7) is 0.609. The lowest BCUT2D eigenvalue weighted by atomic mass is 9.91. The first-order valence-corrected chi connectivity index (χ1v) is 12.0. The molecule has 1 aliphatic heterocycles. The van der Waals surface area contributed by atoms with Crippen molar-refractivity contribution in [2.24, 2.45) is 17.6 Å². The minimum absolute atomic E-state index is 0.133. The van der Waals surface area contributed by atoms with E-state index in [-0.39, 0.29) is 24.2 Å². The summed E-state index contributed by atoms with van der Waals surface area (Å²) in [4.78, 5) is 55.3. The second-order valence-corrected chi connectivity index (χ2v) is 9.73. The van der Waals surface area contributed by atoms with E-state index in [2.05, 4.69) is 15.6 Å². The van der Waals surface area contributed by atoms with Crippen molar-refractivity contribution < 1.29 is 19.2 Å². The smallest absolute Gasteiger partial charge is 0.270 e. The maximum absolute atomic E-state index is 13.3. The summed E-state index contributed by atoms with van der Waals surface area (Å²) >= 11 is 6.23. The van der Waals surface area contributed by atoms with E-state index >= 15 is 0 Å². The second kappa shape index (κ2) is 10.0. The molecule has 9 nitrogen and oxygen atoms in total. The van der Waals surface area contributed by atoms with E-state index in [9.17, 15) is 19.2 Å². The Morgan fingerprint density at radius 1 is 1.24 bits per heavy atom. The molecule has 0 radical (unpaired) electrons. The van der Waals surface area contributed by atoms with Crippen LogP contribution < -0.4 is 16.4 Å². The molecule has 182 valence electrons. The van der Waals surface area contributed by atoms with Crippen LogP contribution in [0.3, 0.4) is 0 Å². The summed E-state index contributed by atoms with van der Waals surface area (Å²) in [6, 6.07) is 5.33. The molecule has 2 aliphatic rings. The predicted molar refractivity (Wildman–Crippen MR) is 128 cm³/mol. The lowest BCUT2D eigenvalue weighted by Crippen LogP contribution is -2.54. The summed E-state index contributed by atoms with van der Waals surface area (Å²) < 4.78 is 0. The number of piperidine rings is 1. The molecule has 0 bridgehead atoms. The van der Waals surface area contributed by atoms with E-state index in [4.69, 9.17) is 17.3 Å². The third-order valence-electron chi connectivity index (χ3n) is 6.76. The third kappa shape index (κ3) is 5.35. The van der Waals surface area contributed by atoms with Gasteiger partial charge in [0.05, 0.1) is 10.5 Å². The number of carbonyl (C=O) groups excluding carboxylic acids is 4. The quantitative estimate of drug-likeness (QED) is 0.429. The number of benzene rings is 1. The fourth-order valence-corrected chi connectivity index (χ4v) is 4.76. The molecule has 1 saturated carbocycles. The highest BCUT2D eigenvalue weighted by atomic mass is 35.5. The van der Waals surface area contributed by atoms with Gasteiger partial charge in [0.25, 0.3) is 5.91 Å². The molecule has 5 N–H and O–H groups in total. The Balaban J connectivity index is 1.50. The molecule has 4 amide bonds. The van der Waals surface area contributed by atoms with Gasteiger partial charge in [0.2, 0.25) is 17.7 Å². The van der Waals surface area contributed by atoms with Gasteiger partial charge in [0.15, 0.2) is 0 Å². The number of hydrogen-bond donors (Lipinski definition) is 4. The number of primary amides is 1. The number of nitrogens with two attached hydrogens (primary N) is 1. The molecule has 4 rings (SSSR count). The summed E-state index contributed by atoms with van der Waals surface area (Å²) in [7, 11) is 1.58. The van der Waals surface area contributed by atoms with Crippen molar-refractivity contribution in [2.75, 3.05) is 13.6 Å². The molecule has 1 aliphatic carbocycles. The molecular formula is C24H30ClN5O4. The van der Waals surface area contributed by atoms with Gasteiger partial charge in [-0.05, 0) is 43.7 Å². The van der Waals surface area contributed by atoms with Crippen LogP contribution in [0.5, 0.6) is 0 Å². The Labute approximate surface area is 202 Å². The van der Waals surface area contributed by atoms with Crippen LogP contribution in [0.4, 0.5) is 0 Å². The van der Waals surface area contributed by atoms with Crippen LogP contribution >= 0.6 is 11.6 Å². The number of likely N-dealkylation sites (N-methyl/N-ethyl adjacent to an activating group) is 1.